The maximum absolute atomic E-state index is 13.2. The summed E-state index contributed by atoms with van der Waals surface area (Å²) in [5, 5.41) is 35.9. The van der Waals surface area contributed by atoms with Gasteiger partial charge < -0.3 is 53.5 Å². The van der Waals surface area contributed by atoms with Gasteiger partial charge in [0.25, 0.3) is 0 Å². The van der Waals surface area contributed by atoms with Crippen molar-refractivity contribution in [2.75, 3.05) is 6.54 Å². The Bertz CT molecular complexity index is 1370. The molecule has 2 rings (SSSR count). The molecule has 4 atom stereocenters. The molecule has 0 saturated carbocycles. The number of guanidine groups is 1. The van der Waals surface area contributed by atoms with E-state index >= 15 is 0 Å². The van der Waals surface area contributed by atoms with Gasteiger partial charge in [0.2, 0.25) is 17.7 Å². The van der Waals surface area contributed by atoms with Crippen LogP contribution in [-0.4, -0.2) is 92.6 Å². The molecule has 44 heavy (non-hydrogen) atoms. The molecule has 1 aromatic carbocycles. The van der Waals surface area contributed by atoms with Crippen LogP contribution in [0.5, 0.6) is 0 Å². The summed E-state index contributed by atoms with van der Waals surface area (Å²) >= 11 is 0. The Labute approximate surface area is 251 Å². The molecule has 0 saturated heterocycles. The number of rotatable bonds is 19. The van der Waals surface area contributed by atoms with Crippen LogP contribution in [0.2, 0.25) is 0 Å². The number of nitrogens with one attached hydrogen (secondary N) is 4. The number of amides is 3. The molecule has 17 nitrogen and oxygen atoms in total. The molecule has 0 spiro atoms. The second-order valence-corrected chi connectivity index (χ2v) is 10.0. The third kappa shape index (κ3) is 11.6. The summed E-state index contributed by atoms with van der Waals surface area (Å²) in [6.45, 7) is 0.199. The minimum absolute atomic E-state index is 0.122. The number of carbonyl (C=O) groups excluding carboxylic acids is 3. The second kappa shape index (κ2) is 17.1. The second-order valence-electron chi connectivity index (χ2n) is 10.0. The van der Waals surface area contributed by atoms with Crippen LogP contribution in [0, 0.1) is 0 Å². The van der Waals surface area contributed by atoms with Crippen LogP contribution in [0.15, 0.2) is 35.5 Å². The maximum atomic E-state index is 13.2. The molecule has 3 amide bonds. The highest BCUT2D eigenvalue weighted by molar-refractivity contribution is 5.94. The molecular formula is C27H38N8O9. The Morgan fingerprint density at radius 2 is 1.34 bits per heavy atom. The summed E-state index contributed by atoms with van der Waals surface area (Å²) in [6.07, 6.45) is 0.0587. The number of carbonyl (C=O) groups is 6. The molecule has 2 aromatic rings. The van der Waals surface area contributed by atoms with E-state index in [0.717, 1.165) is 10.9 Å². The van der Waals surface area contributed by atoms with Crippen molar-refractivity contribution in [3.63, 3.8) is 0 Å². The van der Waals surface area contributed by atoms with Crippen LogP contribution in [0.4, 0.5) is 0 Å². The Balaban J connectivity index is 2.17. The number of para-hydroxylation sites is 1. The summed E-state index contributed by atoms with van der Waals surface area (Å²) in [4.78, 5) is 80.3. The van der Waals surface area contributed by atoms with Gasteiger partial charge in [0.05, 0.1) is 6.04 Å². The number of carboxylic acids is 3. The minimum atomic E-state index is -1.53. The minimum Gasteiger partial charge on any atom is -0.481 e. The first-order valence-corrected chi connectivity index (χ1v) is 13.7. The number of fused-ring (bicyclic) bond motifs is 1. The topological polar surface area (TPSA) is 305 Å². The van der Waals surface area contributed by atoms with Gasteiger partial charge in [0.15, 0.2) is 5.96 Å². The Morgan fingerprint density at radius 3 is 1.89 bits per heavy atom. The van der Waals surface area contributed by atoms with Gasteiger partial charge >= 0.3 is 17.9 Å². The predicted molar refractivity (Wildman–Crippen MR) is 157 cm³/mol. The van der Waals surface area contributed by atoms with Crippen molar-refractivity contribution in [2.24, 2.45) is 22.2 Å². The van der Waals surface area contributed by atoms with E-state index in [9.17, 15) is 39.0 Å². The van der Waals surface area contributed by atoms with Gasteiger partial charge in [-0.05, 0) is 37.3 Å². The van der Waals surface area contributed by atoms with E-state index in [-0.39, 0.29) is 31.8 Å². The lowest BCUT2D eigenvalue weighted by Gasteiger charge is -2.25. The molecule has 17 heteroatoms. The van der Waals surface area contributed by atoms with E-state index in [2.05, 4.69) is 25.9 Å². The molecule has 1 aromatic heterocycles. The van der Waals surface area contributed by atoms with Crippen molar-refractivity contribution in [3.05, 3.63) is 36.0 Å². The van der Waals surface area contributed by atoms with Crippen molar-refractivity contribution >= 4 is 52.5 Å². The monoisotopic (exact) mass is 618 g/mol. The first kappa shape index (κ1) is 35.0. The normalized spacial score (nSPS) is 13.6. The van der Waals surface area contributed by atoms with Crippen molar-refractivity contribution in [3.8, 4) is 0 Å². The van der Waals surface area contributed by atoms with E-state index < -0.39 is 79.1 Å². The van der Waals surface area contributed by atoms with E-state index in [0.29, 0.717) is 12.0 Å². The molecule has 0 aliphatic rings. The quantitative estimate of drug-likeness (QED) is 0.0481. The first-order chi connectivity index (χ1) is 20.8. The number of aliphatic carboxylic acids is 3. The predicted octanol–water partition coefficient (Wildman–Crippen LogP) is -1.64. The summed E-state index contributed by atoms with van der Waals surface area (Å²) < 4.78 is 0. The molecule has 240 valence electrons. The molecule has 0 aliphatic carbocycles. The van der Waals surface area contributed by atoms with Crippen molar-refractivity contribution in [1.29, 1.82) is 0 Å². The lowest BCUT2D eigenvalue weighted by molar-refractivity contribution is -0.143. The third-order valence-electron chi connectivity index (χ3n) is 6.58. The average Bonchev–Trinajstić information content (AvgIpc) is 3.36. The largest absolute Gasteiger partial charge is 0.481 e. The number of benzene rings is 1. The average molecular weight is 619 g/mol. The van der Waals surface area contributed by atoms with Gasteiger partial charge in [0.1, 0.15) is 18.1 Å². The highest BCUT2D eigenvalue weighted by atomic mass is 16.4. The van der Waals surface area contributed by atoms with Crippen LogP contribution in [-0.2, 0) is 35.2 Å². The van der Waals surface area contributed by atoms with Crippen molar-refractivity contribution in [1.82, 2.24) is 20.9 Å². The standard InChI is InChI=1S/C27H38N8O9/c28-16(5-3-11-31-27(29)30)23(40)33-18(7-9-21(36)37)24(41)34-19(8-10-22(38)39)25(42)35-20(26(43)44)12-14-13-32-17-6-2-1-4-15(14)17/h1-2,4,6,13,16,18-20,32H,3,5,7-12,28H2,(H,33,40)(H,34,41)(H,35,42)(H,36,37)(H,38,39)(H,43,44)(H4,29,30,31). The Hall–Kier alpha value is -5.19. The molecule has 4 unspecified atom stereocenters. The number of carboxylic acid groups (broad SMARTS) is 3. The number of nitrogens with zero attached hydrogens (tertiary/aromatic N) is 1. The molecule has 0 aliphatic heterocycles. The van der Waals surface area contributed by atoms with Gasteiger partial charge in [0, 0.05) is 42.9 Å². The van der Waals surface area contributed by atoms with E-state index in [1.54, 1.807) is 30.5 Å². The fourth-order valence-electron chi connectivity index (χ4n) is 4.27. The molecule has 0 radical (unpaired) electrons. The molecule has 1 heterocycles. The molecule has 0 fully saturated rings. The zero-order valence-corrected chi connectivity index (χ0v) is 23.8. The lowest BCUT2D eigenvalue weighted by Crippen LogP contribution is -2.57. The van der Waals surface area contributed by atoms with E-state index in [4.69, 9.17) is 22.3 Å². The van der Waals surface area contributed by atoms with Crippen molar-refractivity contribution in [2.45, 2.75) is 69.1 Å². The van der Waals surface area contributed by atoms with Gasteiger partial charge in [-0.25, -0.2) is 4.79 Å². The number of aromatic amines is 1. The van der Waals surface area contributed by atoms with Crippen LogP contribution in [0.1, 0.15) is 44.1 Å². The summed E-state index contributed by atoms with van der Waals surface area (Å²) in [7, 11) is 0. The Kier molecular flexibility index (Phi) is 13.6. The smallest absolute Gasteiger partial charge is 0.326 e. The van der Waals surface area contributed by atoms with Crippen LogP contribution < -0.4 is 33.2 Å². The fourth-order valence-corrected chi connectivity index (χ4v) is 4.27. The van der Waals surface area contributed by atoms with Gasteiger partial charge in [-0.2, -0.15) is 0 Å². The third-order valence-corrected chi connectivity index (χ3v) is 6.58. The zero-order chi connectivity index (χ0) is 32.8. The highest BCUT2D eigenvalue weighted by Crippen LogP contribution is 2.19. The van der Waals surface area contributed by atoms with E-state index in [1.165, 1.54) is 0 Å². The van der Waals surface area contributed by atoms with Gasteiger partial charge in [-0.1, -0.05) is 18.2 Å². The molecule has 0 bridgehead atoms. The molecular weight excluding hydrogens is 580 g/mol. The zero-order valence-electron chi connectivity index (χ0n) is 23.8. The van der Waals surface area contributed by atoms with Crippen LogP contribution in [0.3, 0.4) is 0 Å². The van der Waals surface area contributed by atoms with Crippen LogP contribution in [0.25, 0.3) is 10.9 Å². The Morgan fingerprint density at radius 1 is 0.795 bits per heavy atom. The fraction of sp³-hybridized carbons (Fsp3) is 0.444. The highest BCUT2D eigenvalue weighted by Gasteiger charge is 2.31. The van der Waals surface area contributed by atoms with Gasteiger partial charge in [-0.15, -0.1) is 0 Å². The first-order valence-electron chi connectivity index (χ1n) is 13.7. The van der Waals surface area contributed by atoms with Crippen LogP contribution >= 0.6 is 0 Å². The number of aromatic nitrogens is 1. The number of hydrogen-bond donors (Lipinski definition) is 10. The van der Waals surface area contributed by atoms with Crippen molar-refractivity contribution < 1.29 is 44.1 Å². The number of aliphatic imine (C=N–C) groups is 1. The van der Waals surface area contributed by atoms with Gasteiger partial charge in [-0.3, -0.25) is 29.0 Å². The molecule has 13 N–H and O–H groups in total. The summed E-state index contributed by atoms with van der Waals surface area (Å²) in [5.74, 6) is -6.80. The lowest BCUT2D eigenvalue weighted by atomic mass is 10.0. The SMILES string of the molecule is NC(N)=NCCCC(N)C(=O)NC(CCC(=O)O)C(=O)NC(CCC(=O)O)C(=O)NC(Cc1c[nH]c2ccccc12)C(=O)O. The number of hydrogen-bond acceptors (Lipinski definition) is 8. The summed E-state index contributed by atoms with van der Waals surface area (Å²) in [5.41, 5.74) is 17.7. The maximum Gasteiger partial charge on any atom is 0.326 e. The number of H-pyrrole nitrogens is 1. The number of nitrogens with two attached hydrogens (primary N) is 3. The summed E-state index contributed by atoms with van der Waals surface area (Å²) in [6, 6.07) is 1.61. The van der Waals surface area contributed by atoms with E-state index in [1.807, 2.05) is 0 Å².